The Balaban J connectivity index is 1.65. The SMILES string of the molecule is CC(C)Cc1nnc(NC(=O)C2CC(=O)N(c3ccccc3Cl)C2)s1. The first-order valence-electron chi connectivity index (χ1n) is 8.12. The van der Waals surface area contributed by atoms with Gasteiger partial charge in [-0.25, -0.2) is 0 Å². The number of nitrogens with zero attached hydrogens (tertiary/aromatic N) is 3. The molecule has 1 aromatic carbocycles. The van der Waals surface area contributed by atoms with E-state index >= 15 is 0 Å². The van der Waals surface area contributed by atoms with Gasteiger partial charge in [-0.05, 0) is 18.1 Å². The maximum atomic E-state index is 12.5. The summed E-state index contributed by atoms with van der Waals surface area (Å²) in [6, 6.07) is 7.14. The molecule has 1 fully saturated rings. The second-order valence-corrected chi connectivity index (χ2v) is 7.91. The first-order chi connectivity index (χ1) is 11.9. The Morgan fingerprint density at radius 1 is 1.40 bits per heavy atom. The van der Waals surface area contributed by atoms with Gasteiger partial charge in [-0.2, -0.15) is 0 Å². The monoisotopic (exact) mass is 378 g/mol. The van der Waals surface area contributed by atoms with Crippen LogP contribution in [0.4, 0.5) is 10.8 Å². The summed E-state index contributed by atoms with van der Waals surface area (Å²) in [6.45, 7) is 4.52. The Labute approximate surface area is 155 Å². The number of hydrogen-bond donors (Lipinski definition) is 1. The molecule has 0 saturated carbocycles. The smallest absolute Gasteiger partial charge is 0.231 e. The number of anilines is 2. The van der Waals surface area contributed by atoms with Crippen LogP contribution in [0.5, 0.6) is 0 Å². The maximum absolute atomic E-state index is 12.5. The summed E-state index contributed by atoms with van der Waals surface area (Å²) in [4.78, 5) is 26.3. The van der Waals surface area contributed by atoms with E-state index in [4.69, 9.17) is 11.6 Å². The summed E-state index contributed by atoms with van der Waals surface area (Å²) in [7, 11) is 0. The van der Waals surface area contributed by atoms with Crippen LogP contribution in [-0.4, -0.2) is 28.6 Å². The number of rotatable bonds is 5. The van der Waals surface area contributed by atoms with Crippen molar-refractivity contribution in [3.8, 4) is 0 Å². The molecule has 132 valence electrons. The van der Waals surface area contributed by atoms with Crippen LogP contribution in [0.3, 0.4) is 0 Å². The van der Waals surface area contributed by atoms with Gasteiger partial charge in [0, 0.05) is 19.4 Å². The van der Waals surface area contributed by atoms with Crippen LogP contribution in [-0.2, 0) is 16.0 Å². The molecule has 1 atom stereocenters. The predicted octanol–water partition coefficient (Wildman–Crippen LogP) is 3.38. The van der Waals surface area contributed by atoms with E-state index < -0.39 is 5.92 Å². The van der Waals surface area contributed by atoms with E-state index in [1.165, 1.54) is 11.3 Å². The van der Waals surface area contributed by atoms with E-state index in [0.29, 0.717) is 28.3 Å². The molecule has 0 spiro atoms. The Morgan fingerprint density at radius 2 is 2.16 bits per heavy atom. The van der Waals surface area contributed by atoms with Crippen molar-refractivity contribution in [2.45, 2.75) is 26.7 Å². The molecule has 2 heterocycles. The molecule has 1 saturated heterocycles. The highest BCUT2D eigenvalue weighted by atomic mass is 35.5. The quantitative estimate of drug-likeness (QED) is 0.865. The molecule has 0 aliphatic carbocycles. The van der Waals surface area contributed by atoms with Crippen molar-refractivity contribution in [1.82, 2.24) is 10.2 Å². The van der Waals surface area contributed by atoms with Crippen LogP contribution in [0.15, 0.2) is 24.3 Å². The van der Waals surface area contributed by atoms with Crippen LogP contribution in [0.25, 0.3) is 0 Å². The Hall–Kier alpha value is -1.99. The predicted molar refractivity (Wildman–Crippen MR) is 99.0 cm³/mol. The van der Waals surface area contributed by atoms with Crippen LogP contribution < -0.4 is 10.2 Å². The van der Waals surface area contributed by atoms with Gasteiger partial charge in [0.05, 0.1) is 16.6 Å². The molecule has 0 bridgehead atoms. The van der Waals surface area contributed by atoms with Crippen molar-refractivity contribution in [3.05, 3.63) is 34.3 Å². The van der Waals surface area contributed by atoms with Gasteiger partial charge in [-0.3, -0.25) is 9.59 Å². The summed E-state index contributed by atoms with van der Waals surface area (Å²) < 4.78 is 0. The van der Waals surface area contributed by atoms with E-state index in [2.05, 4.69) is 29.4 Å². The highest BCUT2D eigenvalue weighted by Crippen LogP contribution is 2.31. The van der Waals surface area contributed by atoms with Crippen molar-refractivity contribution >= 4 is 45.6 Å². The second kappa shape index (κ2) is 7.49. The van der Waals surface area contributed by atoms with Gasteiger partial charge < -0.3 is 10.2 Å². The zero-order valence-corrected chi connectivity index (χ0v) is 15.6. The van der Waals surface area contributed by atoms with Crippen LogP contribution in [0, 0.1) is 11.8 Å². The van der Waals surface area contributed by atoms with Crippen LogP contribution in [0.2, 0.25) is 5.02 Å². The molecular formula is C17H19ClN4O2S. The van der Waals surface area contributed by atoms with E-state index in [-0.39, 0.29) is 18.2 Å². The second-order valence-electron chi connectivity index (χ2n) is 6.44. The third kappa shape index (κ3) is 4.16. The summed E-state index contributed by atoms with van der Waals surface area (Å²) in [6.07, 6.45) is 0.991. The molecule has 2 amide bonds. The highest BCUT2D eigenvalue weighted by molar-refractivity contribution is 7.15. The Bertz CT molecular complexity index is 792. The number of para-hydroxylation sites is 1. The van der Waals surface area contributed by atoms with E-state index in [1.807, 2.05) is 6.07 Å². The molecule has 6 nitrogen and oxygen atoms in total. The molecule has 2 aromatic rings. The number of aromatic nitrogens is 2. The molecule has 25 heavy (non-hydrogen) atoms. The molecule has 1 N–H and O–H groups in total. The average molecular weight is 379 g/mol. The summed E-state index contributed by atoms with van der Waals surface area (Å²) in [5.41, 5.74) is 0.639. The molecule has 8 heteroatoms. The lowest BCUT2D eigenvalue weighted by atomic mass is 10.1. The van der Waals surface area contributed by atoms with Gasteiger partial charge in [0.1, 0.15) is 5.01 Å². The zero-order chi connectivity index (χ0) is 18.0. The number of halogens is 1. The van der Waals surface area contributed by atoms with E-state index in [9.17, 15) is 9.59 Å². The van der Waals surface area contributed by atoms with Crippen LogP contribution >= 0.6 is 22.9 Å². The fraction of sp³-hybridized carbons (Fsp3) is 0.412. The van der Waals surface area contributed by atoms with Crippen molar-refractivity contribution in [2.75, 3.05) is 16.8 Å². The fourth-order valence-corrected chi connectivity index (χ4v) is 3.92. The Kier molecular flexibility index (Phi) is 5.34. The first-order valence-corrected chi connectivity index (χ1v) is 9.31. The lowest BCUT2D eigenvalue weighted by Gasteiger charge is -2.17. The lowest BCUT2D eigenvalue weighted by Crippen LogP contribution is -2.28. The summed E-state index contributed by atoms with van der Waals surface area (Å²) in [5.74, 6) is -0.268. The number of benzene rings is 1. The third-order valence-electron chi connectivity index (χ3n) is 3.92. The van der Waals surface area contributed by atoms with E-state index in [0.717, 1.165) is 11.4 Å². The molecule has 1 aliphatic heterocycles. The Morgan fingerprint density at radius 3 is 2.88 bits per heavy atom. The number of amides is 2. The maximum Gasteiger partial charge on any atom is 0.231 e. The average Bonchev–Trinajstić information content (AvgIpc) is 3.14. The van der Waals surface area contributed by atoms with Gasteiger partial charge in [0.25, 0.3) is 0 Å². The highest BCUT2D eigenvalue weighted by Gasteiger charge is 2.36. The van der Waals surface area contributed by atoms with Crippen molar-refractivity contribution < 1.29 is 9.59 Å². The normalized spacial score (nSPS) is 17.4. The minimum atomic E-state index is -0.429. The van der Waals surface area contributed by atoms with E-state index in [1.54, 1.807) is 23.1 Å². The minimum Gasteiger partial charge on any atom is -0.310 e. The van der Waals surface area contributed by atoms with Gasteiger partial charge in [0.2, 0.25) is 16.9 Å². The van der Waals surface area contributed by atoms with Gasteiger partial charge in [0.15, 0.2) is 0 Å². The van der Waals surface area contributed by atoms with Crippen molar-refractivity contribution in [3.63, 3.8) is 0 Å². The number of hydrogen-bond acceptors (Lipinski definition) is 5. The summed E-state index contributed by atoms with van der Waals surface area (Å²) in [5, 5.41) is 12.7. The van der Waals surface area contributed by atoms with Crippen molar-refractivity contribution in [2.24, 2.45) is 11.8 Å². The molecule has 3 rings (SSSR count). The van der Waals surface area contributed by atoms with Gasteiger partial charge in [-0.1, -0.05) is 48.9 Å². The van der Waals surface area contributed by atoms with Crippen LogP contribution in [0.1, 0.15) is 25.3 Å². The van der Waals surface area contributed by atoms with Crippen molar-refractivity contribution in [1.29, 1.82) is 0 Å². The topological polar surface area (TPSA) is 75.2 Å². The number of carbonyl (C=O) groups excluding carboxylic acids is 2. The molecule has 1 aromatic heterocycles. The lowest BCUT2D eigenvalue weighted by molar-refractivity contribution is -0.122. The minimum absolute atomic E-state index is 0.106. The zero-order valence-electron chi connectivity index (χ0n) is 14.0. The van der Waals surface area contributed by atoms with Gasteiger partial charge in [-0.15, -0.1) is 10.2 Å². The van der Waals surface area contributed by atoms with Gasteiger partial charge >= 0.3 is 0 Å². The molecule has 1 unspecified atom stereocenters. The molecule has 0 radical (unpaired) electrons. The third-order valence-corrected chi connectivity index (χ3v) is 5.10. The largest absolute Gasteiger partial charge is 0.310 e. The standard InChI is InChI=1S/C17H19ClN4O2S/c1-10(2)7-14-20-21-17(25-14)19-16(24)11-8-15(23)22(9-11)13-6-4-3-5-12(13)18/h3-6,10-11H,7-9H2,1-2H3,(H,19,21,24). The summed E-state index contributed by atoms with van der Waals surface area (Å²) >= 11 is 7.53. The fourth-order valence-electron chi connectivity index (χ4n) is 2.73. The number of nitrogens with one attached hydrogen (secondary N) is 1. The molecule has 1 aliphatic rings. The molecular weight excluding hydrogens is 360 g/mol. The number of carbonyl (C=O) groups is 2. The first kappa shape index (κ1) is 17.8.